The van der Waals surface area contributed by atoms with Crippen LogP contribution in [0.4, 0.5) is 11.8 Å². The zero-order chi connectivity index (χ0) is 10.0. The molecule has 5 N–H and O–H groups in total. The van der Waals surface area contributed by atoms with Gasteiger partial charge < -0.3 is 11.5 Å². The van der Waals surface area contributed by atoms with Crippen LogP contribution in [0.15, 0.2) is 4.79 Å². The Labute approximate surface area is 76.2 Å². The van der Waals surface area contributed by atoms with E-state index < -0.39 is 0 Å². The minimum atomic E-state index is -0.237. The Bertz CT molecular complexity index is 358. The molecule has 0 amide bonds. The first kappa shape index (κ1) is 9.57. The lowest BCUT2D eigenvalue weighted by Crippen LogP contribution is -2.20. The van der Waals surface area contributed by atoms with Crippen molar-refractivity contribution in [3.8, 4) is 0 Å². The molecule has 5 heteroatoms. The van der Waals surface area contributed by atoms with E-state index in [0.29, 0.717) is 5.56 Å². The molecule has 1 heterocycles. The normalized spacial score (nSPS) is 12.8. The molecule has 5 nitrogen and oxygen atoms in total. The van der Waals surface area contributed by atoms with Crippen LogP contribution in [0, 0.1) is 0 Å². The molecule has 1 rings (SSSR count). The summed E-state index contributed by atoms with van der Waals surface area (Å²) in [6, 6.07) is 0. The molecule has 0 fully saturated rings. The van der Waals surface area contributed by atoms with E-state index in [2.05, 4.69) is 9.97 Å². The number of aromatic amines is 1. The molecular weight excluding hydrogens is 168 g/mol. The van der Waals surface area contributed by atoms with Gasteiger partial charge in [-0.2, -0.15) is 4.98 Å². The van der Waals surface area contributed by atoms with Gasteiger partial charge in [0.25, 0.3) is 5.56 Å². The van der Waals surface area contributed by atoms with E-state index in [1.165, 1.54) is 0 Å². The first-order chi connectivity index (χ1) is 6.06. The fraction of sp³-hybridized carbons (Fsp3) is 0.500. The van der Waals surface area contributed by atoms with Crippen LogP contribution in [-0.4, -0.2) is 9.97 Å². The minimum absolute atomic E-state index is 0.0644. The smallest absolute Gasteiger partial charge is 0.257 e. The second-order valence-electron chi connectivity index (χ2n) is 3.06. The van der Waals surface area contributed by atoms with E-state index in [1.807, 2.05) is 13.8 Å². The maximum absolute atomic E-state index is 11.4. The fourth-order valence-electron chi connectivity index (χ4n) is 1.20. The number of nitrogens with two attached hydrogens (primary N) is 2. The van der Waals surface area contributed by atoms with Crippen molar-refractivity contribution >= 4 is 11.8 Å². The van der Waals surface area contributed by atoms with Gasteiger partial charge >= 0.3 is 0 Å². The van der Waals surface area contributed by atoms with Crippen molar-refractivity contribution in [2.24, 2.45) is 0 Å². The van der Waals surface area contributed by atoms with Crippen molar-refractivity contribution in [2.75, 3.05) is 11.5 Å². The molecule has 1 unspecified atom stereocenters. The van der Waals surface area contributed by atoms with Crippen molar-refractivity contribution in [2.45, 2.75) is 26.2 Å². The second kappa shape index (κ2) is 3.47. The van der Waals surface area contributed by atoms with Crippen molar-refractivity contribution in [3.63, 3.8) is 0 Å². The summed E-state index contributed by atoms with van der Waals surface area (Å²) >= 11 is 0. The number of hydrogen-bond acceptors (Lipinski definition) is 4. The standard InChI is InChI=1S/C8H14N4O/c1-3-4(2)5-6(9)11-8(10)12-7(5)13/h4H,3H2,1-2H3,(H5,9,10,11,12,13). The Morgan fingerprint density at radius 1 is 1.54 bits per heavy atom. The van der Waals surface area contributed by atoms with Crippen LogP contribution >= 0.6 is 0 Å². The van der Waals surface area contributed by atoms with Crippen LogP contribution in [0.1, 0.15) is 31.7 Å². The number of nitrogens with one attached hydrogen (secondary N) is 1. The molecule has 0 radical (unpaired) electrons. The maximum Gasteiger partial charge on any atom is 0.257 e. The monoisotopic (exact) mass is 182 g/mol. The summed E-state index contributed by atoms with van der Waals surface area (Å²) in [6.45, 7) is 3.92. The summed E-state index contributed by atoms with van der Waals surface area (Å²) in [7, 11) is 0. The summed E-state index contributed by atoms with van der Waals surface area (Å²) in [5.74, 6) is 0.405. The van der Waals surface area contributed by atoms with E-state index >= 15 is 0 Å². The number of H-pyrrole nitrogens is 1. The Kier molecular flexibility index (Phi) is 2.55. The summed E-state index contributed by atoms with van der Waals surface area (Å²) in [6.07, 6.45) is 0.846. The first-order valence-electron chi connectivity index (χ1n) is 4.21. The van der Waals surface area contributed by atoms with Gasteiger partial charge in [0.05, 0.1) is 5.56 Å². The third kappa shape index (κ3) is 1.80. The quantitative estimate of drug-likeness (QED) is 0.618. The molecule has 0 aliphatic carbocycles. The number of rotatable bonds is 2. The van der Waals surface area contributed by atoms with E-state index in [-0.39, 0.29) is 23.2 Å². The molecule has 0 aliphatic heterocycles. The molecule has 72 valence electrons. The number of aromatic nitrogens is 2. The highest BCUT2D eigenvalue weighted by Gasteiger charge is 2.13. The van der Waals surface area contributed by atoms with Crippen LogP contribution < -0.4 is 17.0 Å². The summed E-state index contributed by atoms with van der Waals surface area (Å²) < 4.78 is 0. The average Bonchev–Trinajstić information content (AvgIpc) is 2.02. The van der Waals surface area contributed by atoms with E-state index in [0.717, 1.165) is 6.42 Å². The third-order valence-corrected chi connectivity index (χ3v) is 2.11. The lowest BCUT2D eigenvalue weighted by atomic mass is 10.0. The third-order valence-electron chi connectivity index (χ3n) is 2.11. The largest absolute Gasteiger partial charge is 0.383 e. The highest BCUT2D eigenvalue weighted by Crippen LogP contribution is 2.18. The van der Waals surface area contributed by atoms with Crippen molar-refractivity contribution in [3.05, 3.63) is 15.9 Å². The van der Waals surface area contributed by atoms with Crippen LogP contribution in [0.2, 0.25) is 0 Å². The lowest BCUT2D eigenvalue weighted by Gasteiger charge is -2.09. The predicted octanol–water partition coefficient (Wildman–Crippen LogP) is 0.448. The molecule has 1 aromatic heterocycles. The molecule has 0 aromatic carbocycles. The molecule has 0 saturated carbocycles. The van der Waals surface area contributed by atoms with Gasteiger partial charge in [0.15, 0.2) is 0 Å². The van der Waals surface area contributed by atoms with Crippen LogP contribution in [0.3, 0.4) is 0 Å². The predicted molar refractivity (Wildman–Crippen MR) is 52.4 cm³/mol. The van der Waals surface area contributed by atoms with Crippen LogP contribution in [0.25, 0.3) is 0 Å². The highest BCUT2D eigenvalue weighted by atomic mass is 16.1. The topological polar surface area (TPSA) is 97.8 Å². The maximum atomic E-state index is 11.4. The second-order valence-corrected chi connectivity index (χ2v) is 3.06. The van der Waals surface area contributed by atoms with Crippen LogP contribution in [0.5, 0.6) is 0 Å². The van der Waals surface area contributed by atoms with Crippen LogP contribution in [-0.2, 0) is 0 Å². The zero-order valence-electron chi connectivity index (χ0n) is 7.79. The summed E-state index contributed by atoms with van der Waals surface area (Å²) in [5.41, 5.74) is 11.2. The van der Waals surface area contributed by atoms with Gasteiger partial charge in [-0.3, -0.25) is 9.78 Å². The number of hydrogen-bond donors (Lipinski definition) is 3. The molecule has 13 heavy (non-hydrogen) atoms. The average molecular weight is 182 g/mol. The van der Waals surface area contributed by atoms with Gasteiger partial charge in [0, 0.05) is 0 Å². The van der Waals surface area contributed by atoms with Gasteiger partial charge in [0.2, 0.25) is 5.95 Å². The fourth-order valence-corrected chi connectivity index (χ4v) is 1.20. The Morgan fingerprint density at radius 3 is 2.62 bits per heavy atom. The Hall–Kier alpha value is -1.52. The SMILES string of the molecule is CCC(C)c1c(N)nc(N)[nH]c1=O. The molecule has 0 saturated heterocycles. The first-order valence-corrected chi connectivity index (χ1v) is 4.21. The van der Waals surface area contributed by atoms with Gasteiger partial charge in [0.1, 0.15) is 5.82 Å². The molecule has 1 aromatic rings. The van der Waals surface area contributed by atoms with Crippen molar-refractivity contribution in [1.82, 2.24) is 9.97 Å². The number of nitrogen functional groups attached to an aromatic ring is 2. The van der Waals surface area contributed by atoms with E-state index in [4.69, 9.17) is 11.5 Å². The van der Waals surface area contributed by atoms with Gasteiger partial charge in [-0.1, -0.05) is 13.8 Å². The molecule has 1 atom stereocenters. The number of nitrogens with zero attached hydrogens (tertiary/aromatic N) is 1. The molecular formula is C8H14N4O. The van der Waals surface area contributed by atoms with E-state index in [9.17, 15) is 4.79 Å². The van der Waals surface area contributed by atoms with Gasteiger partial charge in [-0.15, -0.1) is 0 Å². The Balaban J connectivity index is 3.29. The molecule has 0 bridgehead atoms. The van der Waals surface area contributed by atoms with Gasteiger partial charge in [-0.25, -0.2) is 0 Å². The van der Waals surface area contributed by atoms with Gasteiger partial charge in [-0.05, 0) is 12.3 Å². The summed E-state index contributed by atoms with van der Waals surface area (Å²) in [5, 5.41) is 0. The number of anilines is 2. The van der Waals surface area contributed by atoms with Crippen molar-refractivity contribution in [1.29, 1.82) is 0 Å². The van der Waals surface area contributed by atoms with Crippen molar-refractivity contribution < 1.29 is 0 Å². The van der Waals surface area contributed by atoms with E-state index in [1.54, 1.807) is 0 Å². The molecule has 0 spiro atoms. The minimum Gasteiger partial charge on any atom is -0.383 e. The lowest BCUT2D eigenvalue weighted by molar-refractivity contribution is 0.720. The zero-order valence-corrected chi connectivity index (χ0v) is 7.79. The summed E-state index contributed by atoms with van der Waals surface area (Å²) in [4.78, 5) is 17.6. The highest BCUT2D eigenvalue weighted by molar-refractivity contribution is 5.43. The molecule has 0 aliphatic rings. The Morgan fingerprint density at radius 2 is 2.15 bits per heavy atom.